The molecule has 0 bridgehead atoms. The summed E-state index contributed by atoms with van der Waals surface area (Å²) in [4.78, 5) is 0. The van der Waals surface area contributed by atoms with Crippen LogP contribution in [0.1, 0.15) is 51.4 Å². The van der Waals surface area contributed by atoms with Crippen LogP contribution in [-0.2, 0) is 4.74 Å². The van der Waals surface area contributed by atoms with E-state index in [0.29, 0.717) is 30.8 Å². The first-order valence-corrected chi connectivity index (χ1v) is 7.87. The van der Waals surface area contributed by atoms with E-state index in [1.165, 1.54) is 0 Å². The molecule has 2 rings (SSSR count). The molecule has 2 fully saturated rings. The van der Waals surface area contributed by atoms with Crippen LogP contribution >= 0.6 is 0 Å². The zero-order valence-corrected chi connectivity index (χ0v) is 12.5. The van der Waals surface area contributed by atoms with Crippen LogP contribution in [0.15, 0.2) is 11.9 Å². The third kappa shape index (κ3) is 4.97. The lowest BCUT2D eigenvalue weighted by molar-refractivity contribution is -0.0821. The molecule has 0 saturated heterocycles. The SMILES string of the molecule is COC1CCC(C2CCC(/C(F)=C/C(F)(F)F)CC2)CC1. The van der Waals surface area contributed by atoms with Crippen molar-refractivity contribution in [1.82, 2.24) is 0 Å². The highest BCUT2D eigenvalue weighted by Gasteiger charge is 2.33. The summed E-state index contributed by atoms with van der Waals surface area (Å²) in [5, 5.41) is 0. The Morgan fingerprint density at radius 2 is 1.38 bits per heavy atom. The van der Waals surface area contributed by atoms with Crippen LogP contribution in [0.3, 0.4) is 0 Å². The van der Waals surface area contributed by atoms with E-state index in [1.807, 2.05) is 0 Å². The van der Waals surface area contributed by atoms with Gasteiger partial charge in [0.15, 0.2) is 0 Å². The Hall–Kier alpha value is -0.580. The molecule has 0 aromatic carbocycles. The number of rotatable bonds is 3. The van der Waals surface area contributed by atoms with Crippen molar-refractivity contribution in [3.8, 4) is 0 Å². The van der Waals surface area contributed by atoms with Crippen molar-refractivity contribution in [2.45, 2.75) is 63.6 Å². The summed E-state index contributed by atoms with van der Waals surface area (Å²) in [6.45, 7) is 0. The monoisotopic (exact) mass is 308 g/mol. The highest BCUT2D eigenvalue weighted by atomic mass is 19.4. The number of methoxy groups -OCH3 is 1. The second-order valence-corrected chi connectivity index (χ2v) is 6.46. The smallest absolute Gasteiger partial charge is 0.381 e. The predicted molar refractivity (Wildman–Crippen MR) is 73.4 cm³/mol. The van der Waals surface area contributed by atoms with Gasteiger partial charge in [-0.3, -0.25) is 0 Å². The quantitative estimate of drug-likeness (QED) is 0.633. The van der Waals surface area contributed by atoms with E-state index >= 15 is 0 Å². The lowest BCUT2D eigenvalue weighted by atomic mass is 9.70. The van der Waals surface area contributed by atoms with Gasteiger partial charge in [-0.25, -0.2) is 4.39 Å². The lowest BCUT2D eigenvalue weighted by Crippen LogP contribution is -2.28. The molecule has 0 aliphatic heterocycles. The van der Waals surface area contributed by atoms with Gasteiger partial charge in [-0.2, -0.15) is 13.2 Å². The number of allylic oxidation sites excluding steroid dienone is 2. The maximum absolute atomic E-state index is 13.6. The molecular weight excluding hydrogens is 284 g/mol. The summed E-state index contributed by atoms with van der Waals surface area (Å²) in [5.41, 5.74) is 0. The fraction of sp³-hybridized carbons (Fsp3) is 0.875. The van der Waals surface area contributed by atoms with Crippen LogP contribution in [-0.4, -0.2) is 19.4 Å². The normalized spacial score (nSPS) is 35.8. The molecular formula is C16H24F4O. The van der Waals surface area contributed by atoms with Crippen LogP contribution in [0, 0.1) is 17.8 Å². The van der Waals surface area contributed by atoms with E-state index in [0.717, 1.165) is 38.5 Å². The van der Waals surface area contributed by atoms with Crippen LogP contribution in [0.4, 0.5) is 17.6 Å². The van der Waals surface area contributed by atoms with Crippen molar-refractivity contribution in [2.24, 2.45) is 17.8 Å². The van der Waals surface area contributed by atoms with Crippen molar-refractivity contribution in [3.05, 3.63) is 11.9 Å². The van der Waals surface area contributed by atoms with Crippen LogP contribution in [0.25, 0.3) is 0 Å². The third-order valence-corrected chi connectivity index (χ3v) is 5.18. The Balaban J connectivity index is 1.80. The molecule has 122 valence electrons. The van der Waals surface area contributed by atoms with Crippen molar-refractivity contribution < 1.29 is 22.3 Å². The zero-order chi connectivity index (χ0) is 15.5. The summed E-state index contributed by atoms with van der Waals surface area (Å²) >= 11 is 0. The second kappa shape index (κ2) is 7.12. The first kappa shape index (κ1) is 16.8. The second-order valence-electron chi connectivity index (χ2n) is 6.46. The number of hydrogen-bond acceptors (Lipinski definition) is 1. The van der Waals surface area contributed by atoms with Crippen LogP contribution in [0.2, 0.25) is 0 Å². The fourth-order valence-electron chi connectivity index (χ4n) is 3.94. The fourth-order valence-corrected chi connectivity index (χ4v) is 3.94. The Kier molecular flexibility index (Phi) is 5.69. The van der Waals surface area contributed by atoms with Crippen LogP contribution in [0.5, 0.6) is 0 Å². The number of alkyl halides is 3. The molecule has 1 nitrogen and oxygen atoms in total. The molecule has 0 spiro atoms. The summed E-state index contributed by atoms with van der Waals surface area (Å²) in [7, 11) is 1.74. The first-order chi connectivity index (χ1) is 9.89. The average molecular weight is 308 g/mol. The molecule has 0 heterocycles. The maximum atomic E-state index is 13.6. The van der Waals surface area contributed by atoms with Crippen LogP contribution < -0.4 is 0 Å². The van der Waals surface area contributed by atoms with E-state index in [-0.39, 0.29) is 6.08 Å². The molecule has 0 radical (unpaired) electrons. The van der Waals surface area contributed by atoms with Gasteiger partial charge in [0.1, 0.15) is 5.83 Å². The average Bonchev–Trinajstić information content (AvgIpc) is 2.46. The summed E-state index contributed by atoms with van der Waals surface area (Å²) in [5.74, 6) is -0.313. The minimum absolute atomic E-state index is 0.165. The van der Waals surface area contributed by atoms with Gasteiger partial charge >= 0.3 is 6.18 Å². The van der Waals surface area contributed by atoms with Gasteiger partial charge in [-0.1, -0.05) is 0 Å². The Labute approximate surface area is 123 Å². The molecule has 5 heteroatoms. The molecule has 0 N–H and O–H groups in total. The molecule has 2 aliphatic carbocycles. The molecule has 21 heavy (non-hydrogen) atoms. The van der Waals surface area contributed by atoms with Gasteiger partial charge in [0.2, 0.25) is 0 Å². The van der Waals surface area contributed by atoms with E-state index in [1.54, 1.807) is 7.11 Å². The number of halogens is 4. The highest BCUT2D eigenvalue weighted by Crippen LogP contribution is 2.42. The summed E-state index contributed by atoms with van der Waals surface area (Å²) < 4.78 is 55.4. The van der Waals surface area contributed by atoms with E-state index in [4.69, 9.17) is 4.74 Å². The standard InChI is InChI=1S/C16H24F4O/c1-21-14-8-6-12(7-9-14)11-2-4-13(5-3-11)15(17)10-16(18,19)20/h10-14H,2-9H2,1H3/b15-10-. The van der Waals surface area contributed by atoms with Crippen molar-refractivity contribution in [3.63, 3.8) is 0 Å². The van der Waals surface area contributed by atoms with Crippen molar-refractivity contribution in [1.29, 1.82) is 0 Å². The third-order valence-electron chi connectivity index (χ3n) is 5.18. The summed E-state index contributed by atoms with van der Waals surface area (Å²) in [6.07, 6.45) is 2.88. The minimum Gasteiger partial charge on any atom is -0.381 e. The molecule has 2 aliphatic rings. The van der Waals surface area contributed by atoms with Crippen molar-refractivity contribution in [2.75, 3.05) is 7.11 Å². The zero-order valence-electron chi connectivity index (χ0n) is 12.5. The Bertz CT molecular complexity index is 348. The Morgan fingerprint density at radius 1 is 0.905 bits per heavy atom. The highest BCUT2D eigenvalue weighted by molar-refractivity contribution is 5.03. The van der Waals surface area contributed by atoms with Gasteiger partial charge in [0.25, 0.3) is 0 Å². The topological polar surface area (TPSA) is 9.23 Å². The Morgan fingerprint density at radius 3 is 1.81 bits per heavy atom. The van der Waals surface area contributed by atoms with Gasteiger partial charge in [-0.15, -0.1) is 0 Å². The maximum Gasteiger partial charge on any atom is 0.412 e. The largest absolute Gasteiger partial charge is 0.412 e. The van der Waals surface area contributed by atoms with Gasteiger partial charge in [0.05, 0.1) is 12.2 Å². The minimum atomic E-state index is -4.54. The van der Waals surface area contributed by atoms with E-state index in [2.05, 4.69) is 0 Å². The first-order valence-electron chi connectivity index (χ1n) is 7.87. The molecule has 2 saturated carbocycles. The molecule has 0 atom stereocenters. The predicted octanol–water partition coefficient (Wildman–Crippen LogP) is 5.41. The molecule has 0 aromatic rings. The van der Waals surface area contributed by atoms with Crippen molar-refractivity contribution >= 4 is 0 Å². The van der Waals surface area contributed by atoms with Gasteiger partial charge < -0.3 is 4.74 Å². The van der Waals surface area contributed by atoms with E-state index in [9.17, 15) is 17.6 Å². The summed E-state index contributed by atoms with van der Waals surface area (Å²) in [6, 6.07) is 0. The lowest BCUT2D eigenvalue weighted by Gasteiger charge is -2.37. The number of ether oxygens (including phenoxy) is 1. The number of hydrogen-bond donors (Lipinski definition) is 0. The van der Waals surface area contributed by atoms with Gasteiger partial charge in [0, 0.05) is 13.0 Å². The molecule has 0 aromatic heterocycles. The van der Waals surface area contributed by atoms with E-state index < -0.39 is 17.9 Å². The van der Waals surface area contributed by atoms with Gasteiger partial charge in [-0.05, 0) is 63.2 Å². The molecule has 0 unspecified atom stereocenters. The molecule has 0 amide bonds.